The molecule has 0 saturated heterocycles. The van der Waals surface area contributed by atoms with Gasteiger partial charge in [-0.1, -0.05) is 18.2 Å². The third-order valence-corrected chi connectivity index (χ3v) is 8.38. The molecule has 190 valence electrons. The number of anilines is 1. The first-order valence-corrected chi connectivity index (χ1v) is 13.5. The third-order valence-electron chi connectivity index (χ3n) is 5.78. The molecule has 0 spiro atoms. The van der Waals surface area contributed by atoms with Crippen molar-refractivity contribution in [3.63, 3.8) is 0 Å². The van der Waals surface area contributed by atoms with Crippen LogP contribution in [0.2, 0.25) is 0 Å². The van der Waals surface area contributed by atoms with Crippen LogP contribution in [0.15, 0.2) is 65.6 Å². The average Bonchev–Trinajstić information content (AvgIpc) is 3.31. The molecule has 1 amide bonds. The maximum absolute atomic E-state index is 13.5. The predicted octanol–water partition coefficient (Wildman–Crippen LogP) is 3.18. The van der Waals surface area contributed by atoms with Crippen LogP contribution in [0.1, 0.15) is 22.2 Å². The molecule has 12 heteroatoms. The zero-order chi connectivity index (χ0) is 26.2. The van der Waals surface area contributed by atoms with E-state index < -0.39 is 16.1 Å². The summed E-state index contributed by atoms with van der Waals surface area (Å²) in [7, 11) is -2.46. The Morgan fingerprint density at radius 1 is 1.24 bits per heavy atom. The zero-order valence-corrected chi connectivity index (χ0v) is 21.3. The van der Waals surface area contributed by atoms with Gasteiger partial charge in [-0.25, -0.2) is 18.1 Å². The zero-order valence-electron chi connectivity index (χ0n) is 19.6. The van der Waals surface area contributed by atoms with Gasteiger partial charge in [-0.2, -0.15) is 0 Å². The number of hydrogen-bond donors (Lipinski definition) is 4. The number of amides is 1. The molecular formula is C25H23N5O5S2. The largest absolute Gasteiger partial charge is 0.497 e. The van der Waals surface area contributed by atoms with Crippen molar-refractivity contribution in [2.24, 2.45) is 5.73 Å². The molecule has 10 nitrogen and oxygen atoms in total. The number of sulfonamides is 1. The number of amidine groups is 1. The number of thiazole rings is 1. The number of nitrogens with two attached hydrogens (primary N) is 1. The molecule has 1 atom stereocenters. The van der Waals surface area contributed by atoms with Crippen molar-refractivity contribution in [1.29, 1.82) is 5.41 Å². The highest BCUT2D eigenvalue weighted by atomic mass is 32.2. The minimum Gasteiger partial charge on any atom is -0.497 e. The molecule has 0 bridgehead atoms. The summed E-state index contributed by atoms with van der Waals surface area (Å²) in [6.07, 6.45) is 0.266. The molecule has 5 rings (SSSR count). The fourth-order valence-electron chi connectivity index (χ4n) is 3.96. The fourth-order valence-corrected chi connectivity index (χ4v) is 6.31. The Morgan fingerprint density at radius 3 is 2.86 bits per heavy atom. The minimum atomic E-state index is -4.04. The number of rotatable bonds is 8. The molecular weight excluding hydrogens is 514 g/mol. The van der Waals surface area contributed by atoms with Crippen molar-refractivity contribution < 1.29 is 22.7 Å². The van der Waals surface area contributed by atoms with E-state index in [1.165, 1.54) is 29.5 Å². The summed E-state index contributed by atoms with van der Waals surface area (Å²) in [6.45, 7) is -0.124. The number of aromatic nitrogens is 1. The second-order valence-electron chi connectivity index (χ2n) is 8.37. The second-order valence-corrected chi connectivity index (χ2v) is 11.1. The molecule has 3 aromatic carbocycles. The normalized spacial score (nSPS) is 13.9. The Balaban J connectivity index is 1.52. The number of methoxy groups -OCH3 is 1. The summed E-state index contributed by atoms with van der Waals surface area (Å²) < 4.78 is 41.3. The lowest BCUT2D eigenvalue weighted by Crippen LogP contribution is -2.31. The van der Waals surface area contributed by atoms with Crippen molar-refractivity contribution in [2.45, 2.75) is 17.4 Å². The maximum Gasteiger partial charge on any atom is 0.262 e. The SMILES string of the molecule is COc1ccc2nc([C@@H](Cc3cccc(C(=N)N)c3)NS(=O)(=O)c3ccc4c(c3)NC(=O)CO4)sc2c1. The van der Waals surface area contributed by atoms with Crippen LogP contribution in [-0.2, 0) is 21.2 Å². The van der Waals surface area contributed by atoms with E-state index in [4.69, 9.17) is 25.6 Å². The summed E-state index contributed by atoms with van der Waals surface area (Å²) in [6, 6.07) is 16.1. The van der Waals surface area contributed by atoms with Gasteiger partial charge in [0.25, 0.3) is 5.91 Å². The standard InChI is InChI=1S/C25H23N5O5S2/c1-34-16-5-7-18-22(11-16)36-25(29-18)20(10-14-3-2-4-15(9-14)24(26)27)30-37(32,33)17-6-8-21-19(12-17)28-23(31)13-35-21/h2-9,11-12,20,30H,10,13H2,1H3,(H3,26,27)(H,28,31)/t20-/m1/s1. The number of nitrogens with zero attached hydrogens (tertiary/aromatic N) is 1. The van der Waals surface area contributed by atoms with Crippen molar-refractivity contribution in [3.05, 3.63) is 76.8 Å². The lowest BCUT2D eigenvalue weighted by molar-refractivity contribution is -0.118. The van der Waals surface area contributed by atoms with Crippen molar-refractivity contribution in [3.8, 4) is 11.5 Å². The summed E-state index contributed by atoms with van der Waals surface area (Å²) in [4.78, 5) is 16.4. The molecule has 0 fully saturated rings. The predicted molar refractivity (Wildman–Crippen MR) is 141 cm³/mol. The van der Waals surface area contributed by atoms with Gasteiger partial charge in [-0.3, -0.25) is 10.2 Å². The molecule has 0 radical (unpaired) electrons. The van der Waals surface area contributed by atoms with Crippen LogP contribution in [0.25, 0.3) is 10.2 Å². The molecule has 1 aliphatic rings. The van der Waals surface area contributed by atoms with Crippen LogP contribution in [0.3, 0.4) is 0 Å². The van der Waals surface area contributed by atoms with Gasteiger partial charge in [0.2, 0.25) is 10.0 Å². The maximum atomic E-state index is 13.5. The first-order valence-electron chi connectivity index (χ1n) is 11.2. The first kappa shape index (κ1) is 24.7. The van der Waals surface area contributed by atoms with E-state index in [2.05, 4.69) is 10.0 Å². The number of carbonyl (C=O) groups excluding carboxylic acids is 1. The molecule has 1 aromatic heterocycles. The number of benzene rings is 3. The molecule has 2 heterocycles. The number of fused-ring (bicyclic) bond motifs is 2. The van der Waals surface area contributed by atoms with Gasteiger partial charge in [0, 0.05) is 5.56 Å². The molecule has 5 N–H and O–H groups in total. The van der Waals surface area contributed by atoms with Crippen LogP contribution in [0.4, 0.5) is 5.69 Å². The summed E-state index contributed by atoms with van der Waals surface area (Å²) >= 11 is 1.36. The molecule has 4 aromatic rings. The van der Waals surface area contributed by atoms with Gasteiger partial charge in [0.15, 0.2) is 6.61 Å². The smallest absolute Gasteiger partial charge is 0.262 e. The van der Waals surface area contributed by atoms with Gasteiger partial charge in [0.1, 0.15) is 22.3 Å². The fraction of sp³-hybridized carbons (Fsp3) is 0.160. The van der Waals surface area contributed by atoms with Gasteiger partial charge in [-0.05, 0) is 54.4 Å². The summed E-state index contributed by atoms with van der Waals surface area (Å²) in [5, 5.41) is 10.9. The van der Waals surface area contributed by atoms with E-state index >= 15 is 0 Å². The van der Waals surface area contributed by atoms with E-state index in [-0.39, 0.29) is 35.4 Å². The van der Waals surface area contributed by atoms with E-state index in [0.717, 1.165) is 15.8 Å². The van der Waals surface area contributed by atoms with Gasteiger partial charge in [-0.15, -0.1) is 11.3 Å². The topological polar surface area (TPSA) is 156 Å². The van der Waals surface area contributed by atoms with Gasteiger partial charge < -0.3 is 20.5 Å². The monoisotopic (exact) mass is 537 g/mol. The van der Waals surface area contributed by atoms with Crippen LogP contribution in [0.5, 0.6) is 11.5 Å². The van der Waals surface area contributed by atoms with Crippen LogP contribution < -0.4 is 25.2 Å². The van der Waals surface area contributed by atoms with E-state index in [1.54, 1.807) is 31.4 Å². The summed E-state index contributed by atoms with van der Waals surface area (Å²) in [5.41, 5.74) is 7.98. The van der Waals surface area contributed by atoms with Gasteiger partial charge in [0.05, 0.1) is 34.0 Å². The Labute approximate surface area is 217 Å². The van der Waals surface area contributed by atoms with Crippen LogP contribution in [0, 0.1) is 5.41 Å². The number of nitrogens with one attached hydrogen (secondary N) is 3. The van der Waals surface area contributed by atoms with E-state index in [0.29, 0.717) is 22.1 Å². The quantitative estimate of drug-likeness (QED) is 0.199. The molecule has 0 saturated carbocycles. The first-order chi connectivity index (χ1) is 17.7. The molecule has 0 aliphatic carbocycles. The number of hydrogen-bond acceptors (Lipinski definition) is 8. The Kier molecular flexibility index (Phi) is 6.54. The highest BCUT2D eigenvalue weighted by Gasteiger charge is 2.27. The van der Waals surface area contributed by atoms with Crippen LogP contribution in [-0.4, -0.2) is 38.9 Å². The Morgan fingerprint density at radius 2 is 2.08 bits per heavy atom. The van der Waals surface area contributed by atoms with E-state index in [9.17, 15) is 13.2 Å². The van der Waals surface area contributed by atoms with Crippen molar-refractivity contribution in [1.82, 2.24) is 9.71 Å². The minimum absolute atomic E-state index is 0.0256. The lowest BCUT2D eigenvalue weighted by atomic mass is 10.0. The Hall–Kier alpha value is -4.00. The number of nitrogen functional groups attached to an aromatic ring is 1. The van der Waals surface area contributed by atoms with Crippen LogP contribution >= 0.6 is 11.3 Å². The number of ether oxygens (including phenoxy) is 2. The highest BCUT2D eigenvalue weighted by molar-refractivity contribution is 7.89. The Bertz CT molecular complexity index is 1630. The van der Waals surface area contributed by atoms with Crippen molar-refractivity contribution in [2.75, 3.05) is 19.0 Å². The van der Waals surface area contributed by atoms with Crippen molar-refractivity contribution >= 4 is 49.0 Å². The molecule has 1 aliphatic heterocycles. The van der Waals surface area contributed by atoms with E-state index in [1.807, 2.05) is 18.2 Å². The lowest BCUT2D eigenvalue weighted by Gasteiger charge is -2.20. The molecule has 0 unspecified atom stereocenters. The highest BCUT2D eigenvalue weighted by Crippen LogP contribution is 2.34. The van der Waals surface area contributed by atoms with Gasteiger partial charge >= 0.3 is 0 Å². The average molecular weight is 538 g/mol. The summed E-state index contributed by atoms with van der Waals surface area (Å²) in [5.74, 6) is 0.635. The second kappa shape index (κ2) is 9.81. The number of carbonyl (C=O) groups is 1. The third kappa shape index (κ3) is 5.26. The molecule has 37 heavy (non-hydrogen) atoms.